The maximum Gasteiger partial charge on any atom is 0.450 e. The Morgan fingerprint density at radius 2 is 1.71 bits per heavy atom. The van der Waals surface area contributed by atoms with Gasteiger partial charge in [0, 0.05) is 0 Å². The van der Waals surface area contributed by atoms with Crippen LogP contribution in [0.2, 0.25) is 0 Å². The molecule has 0 spiro atoms. The van der Waals surface area contributed by atoms with Crippen molar-refractivity contribution in [3.63, 3.8) is 0 Å². The molecule has 0 bridgehead atoms. The second-order valence-corrected chi connectivity index (χ2v) is 4.32. The monoisotopic (exact) mass is 310 g/mol. The molecule has 0 saturated carbocycles. The summed E-state index contributed by atoms with van der Waals surface area (Å²) in [5, 5.41) is 0. The van der Waals surface area contributed by atoms with Crippen LogP contribution in [0.4, 0.5) is 26.3 Å². The molecule has 2 rings (SSSR count). The number of rotatable bonds is 3. The van der Waals surface area contributed by atoms with Gasteiger partial charge in [-0.25, -0.2) is 4.98 Å². The molecule has 0 amide bonds. The summed E-state index contributed by atoms with van der Waals surface area (Å²) in [5.74, 6) is -2.70. The number of hydrogen-bond donors (Lipinski definition) is 0. The molecule has 0 fully saturated rings. The van der Waals surface area contributed by atoms with Crippen molar-refractivity contribution in [3.05, 3.63) is 30.1 Å². The van der Waals surface area contributed by atoms with Crippen molar-refractivity contribution in [3.8, 4) is 0 Å². The summed E-state index contributed by atoms with van der Waals surface area (Å²) in [7, 11) is 0. The zero-order valence-electron chi connectivity index (χ0n) is 10.3. The van der Waals surface area contributed by atoms with E-state index in [4.69, 9.17) is 0 Å². The number of Topliss-reactive ketones (excluding diaryl/α,β-unsaturated/α-hetero) is 1. The summed E-state index contributed by atoms with van der Waals surface area (Å²) in [6, 6.07) is 5.59. The van der Waals surface area contributed by atoms with Gasteiger partial charge in [0.1, 0.15) is 12.4 Å². The number of benzene rings is 1. The molecule has 0 atom stereocenters. The predicted molar refractivity (Wildman–Crippen MR) is 60.6 cm³/mol. The Morgan fingerprint density at radius 3 is 2.29 bits per heavy atom. The van der Waals surface area contributed by atoms with Gasteiger partial charge in [-0.3, -0.25) is 4.79 Å². The molecule has 0 radical (unpaired) electrons. The number of alkyl halides is 6. The minimum Gasteiger partial charge on any atom is -0.318 e. The Bertz CT molecular complexity index is 670. The molecule has 114 valence electrons. The van der Waals surface area contributed by atoms with Crippen LogP contribution in [0.15, 0.2) is 24.3 Å². The summed E-state index contributed by atoms with van der Waals surface area (Å²) in [6.45, 7) is -1.51. The van der Waals surface area contributed by atoms with Crippen molar-refractivity contribution in [2.75, 3.05) is 0 Å². The Morgan fingerprint density at radius 1 is 1.10 bits per heavy atom. The first-order valence-corrected chi connectivity index (χ1v) is 5.69. The van der Waals surface area contributed by atoms with Crippen LogP contribution < -0.4 is 0 Å². The largest absolute Gasteiger partial charge is 0.450 e. The van der Waals surface area contributed by atoms with Gasteiger partial charge in [0.25, 0.3) is 0 Å². The summed E-state index contributed by atoms with van der Waals surface area (Å²) in [6.07, 6.45) is -11.0. The van der Waals surface area contributed by atoms with E-state index in [-0.39, 0.29) is 11.0 Å². The molecule has 0 N–H and O–H groups in total. The summed E-state index contributed by atoms with van der Waals surface area (Å²) in [4.78, 5) is 14.7. The first-order chi connectivity index (χ1) is 9.58. The Hall–Kier alpha value is -2.06. The van der Waals surface area contributed by atoms with Gasteiger partial charge >= 0.3 is 12.4 Å². The van der Waals surface area contributed by atoms with E-state index < -0.39 is 36.9 Å². The maximum atomic E-state index is 12.5. The highest BCUT2D eigenvalue weighted by molar-refractivity contribution is 5.86. The zero-order chi connectivity index (χ0) is 15.8. The molecule has 0 aliphatic carbocycles. The lowest BCUT2D eigenvalue weighted by Crippen LogP contribution is -2.27. The molecule has 0 saturated heterocycles. The average Bonchev–Trinajstić information content (AvgIpc) is 2.64. The Labute approximate surface area is 114 Å². The van der Waals surface area contributed by atoms with Gasteiger partial charge in [-0.05, 0) is 12.1 Å². The number of aromatic nitrogens is 2. The number of hydrogen-bond acceptors (Lipinski definition) is 2. The lowest BCUT2D eigenvalue weighted by molar-refractivity contribution is -0.170. The molecule has 0 aliphatic rings. The number of halogens is 6. The normalized spacial score (nSPS) is 12.9. The number of fused-ring (bicyclic) bond motifs is 1. The number of nitrogens with zero attached hydrogens (tertiary/aromatic N) is 2. The van der Waals surface area contributed by atoms with Crippen LogP contribution in [0.1, 0.15) is 5.82 Å². The topological polar surface area (TPSA) is 34.9 Å². The average molecular weight is 310 g/mol. The number of ketones is 1. The maximum absolute atomic E-state index is 12.5. The SMILES string of the molecule is O=C(Cc1nc2ccccc2n1CC(F)(F)F)C(F)(F)F. The van der Waals surface area contributed by atoms with Gasteiger partial charge in [-0.2, -0.15) is 26.3 Å². The quantitative estimate of drug-likeness (QED) is 0.816. The van der Waals surface area contributed by atoms with E-state index in [0.717, 1.165) is 0 Å². The fourth-order valence-electron chi connectivity index (χ4n) is 1.86. The number of carbonyl (C=O) groups excluding carboxylic acids is 1. The van der Waals surface area contributed by atoms with E-state index in [2.05, 4.69) is 4.98 Å². The van der Waals surface area contributed by atoms with Crippen LogP contribution in [-0.2, 0) is 17.8 Å². The van der Waals surface area contributed by atoms with E-state index in [0.29, 0.717) is 4.57 Å². The minimum atomic E-state index is -5.11. The van der Waals surface area contributed by atoms with Crippen molar-refractivity contribution in [1.82, 2.24) is 9.55 Å². The molecule has 1 aromatic carbocycles. The van der Waals surface area contributed by atoms with E-state index in [1.807, 2.05) is 0 Å². The van der Waals surface area contributed by atoms with Crippen LogP contribution >= 0.6 is 0 Å². The van der Waals surface area contributed by atoms with Gasteiger partial charge in [0.05, 0.1) is 17.5 Å². The van der Waals surface area contributed by atoms with Crippen LogP contribution in [0.5, 0.6) is 0 Å². The van der Waals surface area contributed by atoms with Crippen molar-refractivity contribution in [2.24, 2.45) is 0 Å². The van der Waals surface area contributed by atoms with Crippen molar-refractivity contribution >= 4 is 16.8 Å². The minimum absolute atomic E-state index is 0.0276. The third-order valence-electron chi connectivity index (χ3n) is 2.71. The van der Waals surface area contributed by atoms with Crippen LogP contribution in [0.3, 0.4) is 0 Å². The molecule has 21 heavy (non-hydrogen) atoms. The lowest BCUT2D eigenvalue weighted by atomic mass is 10.2. The van der Waals surface area contributed by atoms with Gasteiger partial charge in [0.2, 0.25) is 5.78 Å². The fraction of sp³-hybridized carbons (Fsp3) is 0.333. The molecule has 3 nitrogen and oxygen atoms in total. The van der Waals surface area contributed by atoms with E-state index in [1.165, 1.54) is 24.3 Å². The highest BCUT2D eigenvalue weighted by atomic mass is 19.4. The number of carbonyl (C=O) groups is 1. The van der Waals surface area contributed by atoms with Gasteiger partial charge in [0.15, 0.2) is 0 Å². The van der Waals surface area contributed by atoms with Crippen molar-refractivity contribution in [2.45, 2.75) is 25.3 Å². The van der Waals surface area contributed by atoms with Crippen LogP contribution in [0, 0.1) is 0 Å². The highest BCUT2D eigenvalue weighted by Crippen LogP contribution is 2.25. The molecule has 2 aromatic rings. The second kappa shape index (κ2) is 5.05. The third kappa shape index (κ3) is 3.53. The van der Waals surface area contributed by atoms with Crippen LogP contribution in [0.25, 0.3) is 11.0 Å². The summed E-state index contributed by atoms with van der Waals surface area (Å²) in [5.41, 5.74) is 0.131. The van der Waals surface area contributed by atoms with Gasteiger partial charge < -0.3 is 4.57 Å². The number of para-hydroxylation sites is 2. The Balaban J connectivity index is 2.47. The van der Waals surface area contributed by atoms with Crippen LogP contribution in [-0.4, -0.2) is 27.7 Å². The van der Waals surface area contributed by atoms with E-state index in [9.17, 15) is 31.1 Å². The highest BCUT2D eigenvalue weighted by Gasteiger charge is 2.39. The summed E-state index contributed by atoms with van der Waals surface area (Å²) < 4.78 is 75.0. The standard InChI is InChI=1S/C12H8F6N2O/c13-11(14,15)6-20-8-4-2-1-3-7(8)19-10(20)5-9(21)12(16,17)18/h1-4H,5-6H2. The molecule has 1 heterocycles. The predicted octanol–water partition coefficient (Wildman–Crippen LogP) is 3.27. The smallest absolute Gasteiger partial charge is 0.318 e. The number of imidazole rings is 1. The third-order valence-corrected chi connectivity index (χ3v) is 2.71. The molecule has 0 unspecified atom stereocenters. The second-order valence-electron chi connectivity index (χ2n) is 4.32. The van der Waals surface area contributed by atoms with E-state index in [1.54, 1.807) is 0 Å². The summed E-state index contributed by atoms with van der Waals surface area (Å²) >= 11 is 0. The molecule has 9 heteroatoms. The molecule has 1 aromatic heterocycles. The van der Waals surface area contributed by atoms with Gasteiger partial charge in [-0.15, -0.1) is 0 Å². The van der Waals surface area contributed by atoms with Crippen molar-refractivity contribution in [1.29, 1.82) is 0 Å². The first-order valence-electron chi connectivity index (χ1n) is 5.69. The van der Waals surface area contributed by atoms with E-state index >= 15 is 0 Å². The lowest BCUT2D eigenvalue weighted by Gasteiger charge is -2.12. The molecular weight excluding hydrogens is 302 g/mol. The van der Waals surface area contributed by atoms with Crippen molar-refractivity contribution < 1.29 is 31.1 Å². The van der Waals surface area contributed by atoms with Gasteiger partial charge in [-0.1, -0.05) is 12.1 Å². The molecular formula is C12H8F6N2O. The molecule has 0 aliphatic heterocycles. The first kappa shape index (κ1) is 15.3. The Kier molecular flexibility index (Phi) is 3.68. The fourth-order valence-corrected chi connectivity index (χ4v) is 1.86. The zero-order valence-corrected chi connectivity index (χ0v) is 10.3.